The lowest BCUT2D eigenvalue weighted by Crippen LogP contribution is -2.32. The summed E-state index contributed by atoms with van der Waals surface area (Å²) >= 11 is 12.1. The number of likely N-dealkylation sites (tertiary alicyclic amines) is 1. The van der Waals surface area contributed by atoms with Crippen molar-refractivity contribution in [3.63, 3.8) is 0 Å². The molecule has 0 radical (unpaired) electrons. The summed E-state index contributed by atoms with van der Waals surface area (Å²) in [5, 5.41) is 10.2. The first-order chi connectivity index (χ1) is 14.8. The van der Waals surface area contributed by atoms with Crippen LogP contribution < -0.4 is 4.74 Å². The van der Waals surface area contributed by atoms with Crippen LogP contribution in [0.5, 0.6) is 5.75 Å². The van der Waals surface area contributed by atoms with Crippen LogP contribution in [0.4, 0.5) is 4.39 Å². The molecule has 1 saturated carbocycles. The highest BCUT2D eigenvalue weighted by Gasteiger charge is 2.29. The number of methoxy groups -OCH3 is 1. The summed E-state index contributed by atoms with van der Waals surface area (Å²) in [4.78, 5) is 13.2. The molecule has 1 saturated heterocycles. The normalized spacial score (nSPS) is 17.5. The zero-order valence-electron chi connectivity index (χ0n) is 17.8. The first-order valence-corrected chi connectivity index (χ1v) is 11.4. The molecular formula is C24H28Cl2FNO3. The standard InChI is InChI=1S/C13H17Cl2N.C11H11FO3/c1-10(16-5-3-2-4-6-16)11-7-12(14)9-13(15)8-11;1-15-10-5-9(12)8(11(13)14)4-7(10)6-2-3-6/h7-10H,2-6H2,1H3;4-6H,2-3H2,1H3,(H,13,14). The van der Waals surface area contributed by atoms with Gasteiger partial charge in [0.2, 0.25) is 0 Å². The summed E-state index contributed by atoms with van der Waals surface area (Å²) in [5.74, 6) is -1.21. The first-order valence-electron chi connectivity index (χ1n) is 10.6. The summed E-state index contributed by atoms with van der Waals surface area (Å²) < 4.78 is 18.3. The fraction of sp³-hybridized carbons (Fsp3) is 0.458. The minimum atomic E-state index is -1.24. The predicted molar refractivity (Wildman–Crippen MR) is 122 cm³/mol. The van der Waals surface area contributed by atoms with Gasteiger partial charge in [-0.3, -0.25) is 4.90 Å². The van der Waals surface area contributed by atoms with Crippen LogP contribution in [0.15, 0.2) is 30.3 Å². The number of rotatable bonds is 5. The van der Waals surface area contributed by atoms with Crippen molar-refractivity contribution in [2.45, 2.75) is 51.0 Å². The second-order valence-electron chi connectivity index (χ2n) is 8.13. The van der Waals surface area contributed by atoms with E-state index in [0.717, 1.165) is 34.5 Å². The summed E-state index contributed by atoms with van der Waals surface area (Å²) in [5.41, 5.74) is 1.74. The Morgan fingerprint density at radius 2 is 1.71 bits per heavy atom. The van der Waals surface area contributed by atoms with E-state index < -0.39 is 11.8 Å². The van der Waals surface area contributed by atoms with Crippen molar-refractivity contribution in [2.24, 2.45) is 0 Å². The number of piperidine rings is 1. The first kappa shape index (κ1) is 23.8. The van der Waals surface area contributed by atoms with Gasteiger partial charge in [0.05, 0.1) is 12.7 Å². The lowest BCUT2D eigenvalue weighted by Gasteiger charge is -2.32. The molecule has 0 amide bonds. The smallest absolute Gasteiger partial charge is 0.338 e. The van der Waals surface area contributed by atoms with Crippen LogP contribution in [0, 0.1) is 5.82 Å². The highest BCUT2D eigenvalue weighted by atomic mass is 35.5. The molecule has 2 aliphatic rings. The van der Waals surface area contributed by atoms with Gasteiger partial charge in [-0.1, -0.05) is 29.6 Å². The predicted octanol–water partition coefficient (Wildman–Crippen LogP) is 6.95. The Balaban J connectivity index is 0.000000176. The molecule has 1 aliphatic heterocycles. The Hall–Kier alpha value is -1.82. The molecule has 2 aromatic carbocycles. The third kappa shape index (κ3) is 6.34. The molecule has 1 atom stereocenters. The van der Waals surface area contributed by atoms with E-state index in [9.17, 15) is 9.18 Å². The Kier molecular flexibility index (Phi) is 8.20. The number of halogens is 3. The van der Waals surface area contributed by atoms with Crippen LogP contribution in [-0.4, -0.2) is 36.2 Å². The number of carbonyl (C=O) groups is 1. The van der Waals surface area contributed by atoms with Crippen molar-refractivity contribution in [3.8, 4) is 5.75 Å². The van der Waals surface area contributed by atoms with Gasteiger partial charge in [0.1, 0.15) is 11.6 Å². The van der Waals surface area contributed by atoms with Crippen LogP contribution in [0.3, 0.4) is 0 Å². The highest BCUT2D eigenvalue weighted by Crippen LogP contribution is 2.45. The minimum Gasteiger partial charge on any atom is -0.496 e. The second-order valence-corrected chi connectivity index (χ2v) is 9.00. The van der Waals surface area contributed by atoms with Crippen LogP contribution in [0.1, 0.15) is 72.5 Å². The van der Waals surface area contributed by atoms with Gasteiger partial charge in [-0.2, -0.15) is 0 Å². The van der Waals surface area contributed by atoms with Crippen molar-refractivity contribution in [2.75, 3.05) is 20.2 Å². The number of hydrogen-bond acceptors (Lipinski definition) is 3. The summed E-state index contributed by atoms with van der Waals surface area (Å²) in [6.07, 6.45) is 6.00. The van der Waals surface area contributed by atoms with E-state index >= 15 is 0 Å². The van der Waals surface area contributed by atoms with E-state index in [1.807, 2.05) is 12.1 Å². The van der Waals surface area contributed by atoms with Crippen molar-refractivity contribution in [1.29, 1.82) is 0 Å². The fourth-order valence-electron chi connectivity index (χ4n) is 3.96. The molecule has 2 aromatic rings. The van der Waals surface area contributed by atoms with Gasteiger partial charge in [-0.05, 0) is 87.0 Å². The molecule has 7 heteroatoms. The van der Waals surface area contributed by atoms with Crippen LogP contribution >= 0.6 is 23.2 Å². The maximum Gasteiger partial charge on any atom is 0.338 e. The number of carboxylic acids is 1. The summed E-state index contributed by atoms with van der Waals surface area (Å²) in [6.45, 7) is 4.60. The number of ether oxygens (including phenoxy) is 1. The molecule has 1 unspecified atom stereocenters. The Morgan fingerprint density at radius 3 is 2.23 bits per heavy atom. The summed E-state index contributed by atoms with van der Waals surface area (Å²) in [6, 6.07) is 8.77. The molecule has 0 bridgehead atoms. The number of carboxylic acid groups (broad SMARTS) is 1. The van der Waals surface area contributed by atoms with Crippen LogP contribution in [0.25, 0.3) is 0 Å². The summed E-state index contributed by atoms with van der Waals surface area (Å²) in [7, 11) is 1.46. The molecule has 0 aromatic heterocycles. The van der Waals surface area contributed by atoms with Gasteiger partial charge >= 0.3 is 5.97 Å². The van der Waals surface area contributed by atoms with Crippen LogP contribution in [0.2, 0.25) is 10.0 Å². The average Bonchev–Trinajstić information content (AvgIpc) is 3.58. The Bertz CT molecular complexity index is 907. The van der Waals surface area contributed by atoms with E-state index in [1.54, 1.807) is 6.07 Å². The molecule has 4 nitrogen and oxygen atoms in total. The zero-order chi connectivity index (χ0) is 22.5. The molecule has 4 rings (SSSR count). The molecule has 2 fully saturated rings. The minimum absolute atomic E-state index is 0.280. The van der Waals surface area contributed by atoms with E-state index in [-0.39, 0.29) is 5.56 Å². The largest absolute Gasteiger partial charge is 0.496 e. The zero-order valence-corrected chi connectivity index (χ0v) is 19.3. The number of hydrogen-bond donors (Lipinski definition) is 1. The van der Waals surface area contributed by atoms with Gasteiger partial charge in [-0.15, -0.1) is 0 Å². The fourth-order valence-corrected chi connectivity index (χ4v) is 4.50. The van der Waals surface area contributed by atoms with E-state index in [1.165, 1.54) is 51.1 Å². The molecule has 168 valence electrons. The number of benzene rings is 2. The SMILES string of the molecule is CC(c1cc(Cl)cc(Cl)c1)N1CCCCC1.COc1cc(F)c(C(=O)O)cc1C1CC1. The van der Waals surface area contributed by atoms with E-state index in [4.69, 9.17) is 33.0 Å². The lowest BCUT2D eigenvalue weighted by atomic mass is 10.0. The number of aromatic carboxylic acids is 1. The van der Waals surface area contributed by atoms with Gasteiger partial charge in [0.25, 0.3) is 0 Å². The lowest BCUT2D eigenvalue weighted by molar-refractivity contribution is 0.0691. The maximum atomic E-state index is 13.3. The van der Waals surface area contributed by atoms with Crippen LogP contribution in [-0.2, 0) is 0 Å². The molecule has 0 spiro atoms. The Labute approximate surface area is 192 Å². The third-order valence-corrected chi connectivity index (χ3v) is 6.31. The van der Waals surface area contributed by atoms with E-state index in [2.05, 4.69) is 11.8 Å². The monoisotopic (exact) mass is 467 g/mol. The quantitative estimate of drug-likeness (QED) is 0.516. The van der Waals surface area contributed by atoms with Crippen molar-refractivity contribution >= 4 is 29.2 Å². The average molecular weight is 468 g/mol. The molecule has 1 N–H and O–H groups in total. The Morgan fingerprint density at radius 1 is 1.10 bits per heavy atom. The highest BCUT2D eigenvalue weighted by molar-refractivity contribution is 6.34. The van der Waals surface area contributed by atoms with Gasteiger partial charge < -0.3 is 9.84 Å². The second kappa shape index (κ2) is 10.7. The van der Waals surface area contributed by atoms with Gasteiger partial charge in [-0.25, -0.2) is 9.18 Å². The molecule has 31 heavy (non-hydrogen) atoms. The van der Waals surface area contributed by atoms with Crippen molar-refractivity contribution in [1.82, 2.24) is 4.90 Å². The van der Waals surface area contributed by atoms with Crippen molar-refractivity contribution < 1.29 is 19.0 Å². The maximum absolute atomic E-state index is 13.3. The molecule has 1 aliphatic carbocycles. The van der Waals surface area contributed by atoms with E-state index in [0.29, 0.717) is 17.7 Å². The molecular weight excluding hydrogens is 440 g/mol. The van der Waals surface area contributed by atoms with Gasteiger partial charge in [0, 0.05) is 22.2 Å². The topological polar surface area (TPSA) is 49.8 Å². The van der Waals surface area contributed by atoms with Crippen molar-refractivity contribution in [3.05, 3.63) is 62.9 Å². The molecule has 1 heterocycles. The van der Waals surface area contributed by atoms with Gasteiger partial charge in [0.15, 0.2) is 0 Å². The number of nitrogens with zero attached hydrogens (tertiary/aromatic N) is 1. The third-order valence-electron chi connectivity index (χ3n) is 5.87.